The molecule has 3 heteroatoms. The summed E-state index contributed by atoms with van der Waals surface area (Å²) in [5, 5.41) is 9.30. The molecule has 0 aromatic carbocycles. The summed E-state index contributed by atoms with van der Waals surface area (Å²) >= 11 is 0. The molecule has 0 saturated heterocycles. The van der Waals surface area contributed by atoms with Crippen molar-refractivity contribution in [2.75, 3.05) is 7.11 Å². The number of carboxylic acids is 1. The fourth-order valence-corrected chi connectivity index (χ4v) is 3.28. The van der Waals surface area contributed by atoms with E-state index >= 15 is 0 Å². The lowest BCUT2D eigenvalue weighted by atomic mass is 9.61. The summed E-state index contributed by atoms with van der Waals surface area (Å²) in [5.41, 5.74) is -0.182. The number of carboxylic acid groups (broad SMARTS) is 1. The highest BCUT2D eigenvalue weighted by molar-refractivity contribution is 5.73. The minimum Gasteiger partial charge on any atom is -0.479 e. The van der Waals surface area contributed by atoms with Gasteiger partial charge in [-0.05, 0) is 24.7 Å². The Morgan fingerprint density at radius 1 is 1.50 bits per heavy atom. The van der Waals surface area contributed by atoms with Crippen LogP contribution in [0.25, 0.3) is 0 Å². The smallest absolute Gasteiger partial charge is 0.333 e. The van der Waals surface area contributed by atoms with Crippen molar-refractivity contribution in [3.63, 3.8) is 0 Å². The summed E-state index contributed by atoms with van der Waals surface area (Å²) in [5.74, 6) is 0.134. The van der Waals surface area contributed by atoms with E-state index in [0.29, 0.717) is 11.8 Å². The van der Waals surface area contributed by atoms with Crippen molar-refractivity contribution in [1.82, 2.24) is 0 Å². The number of aliphatic carboxylic acids is 1. The maximum Gasteiger partial charge on any atom is 0.333 e. The molecule has 0 amide bonds. The summed E-state index contributed by atoms with van der Waals surface area (Å²) in [7, 11) is 1.52. The lowest BCUT2D eigenvalue weighted by Gasteiger charge is -2.46. The average Bonchev–Trinajstić information content (AvgIpc) is 2.17. The van der Waals surface area contributed by atoms with E-state index in [4.69, 9.17) is 4.74 Å². The number of ether oxygens (including phenoxy) is 1. The molecule has 1 fully saturated rings. The summed E-state index contributed by atoms with van der Waals surface area (Å²) in [4.78, 5) is 11.3. The summed E-state index contributed by atoms with van der Waals surface area (Å²) < 4.78 is 5.26. The van der Waals surface area contributed by atoms with Gasteiger partial charge in [0.15, 0.2) is 6.10 Å². The largest absolute Gasteiger partial charge is 0.479 e. The minimum absolute atomic E-state index is 0.182. The van der Waals surface area contributed by atoms with Gasteiger partial charge in [-0.25, -0.2) is 4.79 Å². The zero-order valence-corrected chi connectivity index (χ0v) is 10.8. The Hall–Kier alpha value is -0.570. The van der Waals surface area contributed by atoms with Gasteiger partial charge in [0.25, 0.3) is 0 Å². The van der Waals surface area contributed by atoms with E-state index in [-0.39, 0.29) is 5.41 Å². The molecule has 1 saturated carbocycles. The molecular formula is C13H24O3. The van der Waals surface area contributed by atoms with Crippen LogP contribution < -0.4 is 0 Å². The van der Waals surface area contributed by atoms with E-state index in [1.54, 1.807) is 0 Å². The van der Waals surface area contributed by atoms with E-state index in [2.05, 4.69) is 20.8 Å². The fraction of sp³-hybridized carbons (Fsp3) is 0.923. The van der Waals surface area contributed by atoms with Gasteiger partial charge in [-0.1, -0.05) is 33.6 Å². The summed E-state index contributed by atoms with van der Waals surface area (Å²) in [6.45, 7) is 6.45. The van der Waals surface area contributed by atoms with Crippen LogP contribution in [0.5, 0.6) is 0 Å². The standard InChI is InChI=1S/C13H24O3/c1-9(2)13(11(16-4)12(14)15)7-5-6-10(3)8-13/h9-11H,5-8H2,1-4H3,(H,14,15)/t10-,11?,13?/m1/s1. The van der Waals surface area contributed by atoms with Crippen LogP contribution in [0.1, 0.15) is 46.5 Å². The zero-order chi connectivity index (χ0) is 12.3. The van der Waals surface area contributed by atoms with Gasteiger partial charge in [0.05, 0.1) is 0 Å². The van der Waals surface area contributed by atoms with Crippen molar-refractivity contribution < 1.29 is 14.6 Å². The molecule has 0 heterocycles. The third kappa shape index (κ3) is 2.40. The van der Waals surface area contributed by atoms with Crippen molar-refractivity contribution >= 4 is 5.97 Å². The molecule has 0 aliphatic heterocycles. The number of methoxy groups -OCH3 is 1. The summed E-state index contributed by atoms with van der Waals surface area (Å²) in [6, 6.07) is 0. The van der Waals surface area contributed by atoms with Crippen molar-refractivity contribution in [2.45, 2.75) is 52.6 Å². The molecule has 1 N–H and O–H groups in total. The van der Waals surface area contributed by atoms with E-state index in [9.17, 15) is 9.90 Å². The van der Waals surface area contributed by atoms with Crippen LogP contribution in [-0.4, -0.2) is 24.3 Å². The number of hydrogen-bond donors (Lipinski definition) is 1. The van der Waals surface area contributed by atoms with Gasteiger partial charge < -0.3 is 9.84 Å². The van der Waals surface area contributed by atoms with Crippen LogP contribution in [-0.2, 0) is 9.53 Å². The molecule has 0 aromatic heterocycles. The minimum atomic E-state index is -0.815. The lowest BCUT2D eigenvalue weighted by molar-refractivity contribution is -0.165. The second-order valence-electron chi connectivity index (χ2n) is 5.54. The van der Waals surface area contributed by atoms with Gasteiger partial charge in [-0.15, -0.1) is 0 Å². The van der Waals surface area contributed by atoms with E-state index in [1.165, 1.54) is 13.5 Å². The van der Waals surface area contributed by atoms with Crippen LogP contribution in [0.2, 0.25) is 0 Å². The fourth-order valence-electron chi connectivity index (χ4n) is 3.28. The van der Waals surface area contributed by atoms with Gasteiger partial charge >= 0.3 is 5.97 Å². The molecule has 3 nitrogen and oxygen atoms in total. The highest BCUT2D eigenvalue weighted by atomic mass is 16.5. The van der Waals surface area contributed by atoms with Gasteiger partial charge in [-0.3, -0.25) is 0 Å². The Morgan fingerprint density at radius 2 is 2.12 bits per heavy atom. The van der Waals surface area contributed by atoms with Crippen molar-refractivity contribution in [3.8, 4) is 0 Å². The van der Waals surface area contributed by atoms with Crippen molar-refractivity contribution in [2.24, 2.45) is 17.3 Å². The topological polar surface area (TPSA) is 46.5 Å². The zero-order valence-electron chi connectivity index (χ0n) is 10.8. The molecule has 0 aromatic rings. The molecule has 94 valence electrons. The Bertz CT molecular complexity index is 250. The Labute approximate surface area is 98.2 Å². The van der Waals surface area contributed by atoms with Gasteiger partial charge in [-0.2, -0.15) is 0 Å². The molecule has 1 aliphatic rings. The molecule has 0 spiro atoms. The molecule has 1 rings (SSSR count). The van der Waals surface area contributed by atoms with Crippen LogP contribution in [0.4, 0.5) is 0 Å². The number of hydrogen-bond acceptors (Lipinski definition) is 2. The van der Waals surface area contributed by atoms with Gasteiger partial charge in [0.1, 0.15) is 0 Å². The Balaban J connectivity index is 2.98. The molecule has 3 atom stereocenters. The third-order valence-corrected chi connectivity index (χ3v) is 4.20. The van der Waals surface area contributed by atoms with Crippen molar-refractivity contribution in [1.29, 1.82) is 0 Å². The number of rotatable bonds is 4. The van der Waals surface area contributed by atoms with Crippen LogP contribution in [0.3, 0.4) is 0 Å². The Morgan fingerprint density at radius 3 is 2.50 bits per heavy atom. The monoisotopic (exact) mass is 228 g/mol. The summed E-state index contributed by atoms with van der Waals surface area (Å²) in [6.07, 6.45) is 3.61. The Kier molecular flexibility index (Phi) is 4.36. The lowest BCUT2D eigenvalue weighted by Crippen LogP contribution is -2.48. The van der Waals surface area contributed by atoms with E-state index < -0.39 is 12.1 Å². The quantitative estimate of drug-likeness (QED) is 0.804. The van der Waals surface area contributed by atoms with Crippen molar-refractivity contribution in [3.05, 3.63) is 0 Å². The van der Waals surface area contributed by atoms with E-state index in [0.717, 1.165) is 19.3 Å². The predicted octanol–water partition coefficient (Wildman–Crippen LogP) is 2.94. The first-order valence-corrected chi connectivity index (χ1v) is 6.19. The maximum absolute atomic E-state index is 11.3. The maximum atomic E-state index is 11.3. The normalized spacial score (nSPS) is 32.7. The SMILES string of the molecule is COC(C(=O)O)C1(C(C)C)CCC[C@@H](C)C1. The second-order valence-corrected chi connectivity index (χ2v) is 5.54. The second kappa shape index (κ2) is 5.17. The van der Waals surface area contributed by atoms with Crippen LogP contribution in [0.15, 0.2) is 0 Å². The highest BCUT2D eigenvalue weighted by Crippen LogP contribution is 2.48. The predicted molar refractivity (Wildman–Crippen MR) is 63.3 cm³/mol. The molecular weight excluding hydrogens is 204 g/mol. The molecule has 16 heavy (non-hydrogen) atoms. The number of carbonyl (C=O) groups is 1. The molecule has 0 radical (unpaired) electrons. The van der Waals surface area contributed by atoms with Crippen LogP contribution >= 0.6 is 0 Å². The van der Waals surface area contributed by atoms with E-state index in [1.807, 2.05) is 0 Å². The highest BCUT2D eigenvalue weighted by Gasteiger charge is 2.47. The molecule has 0 bridgehead atoms. The third-order valence-electron chi connectivity index (χ3n) is 4.20. The average molecular weight is 228 g/mol. The van der Waals surface area contributed by atoms with Crippen LogP contribution in [0, 0.1) is 17.3 Å². The molecule has 1 aliphatic carbocycles. The first-order valence-electron chi connectivity index (χ1n) is 6.19. The first-order chi connectivity index (χ1) is 7.44. The van der Waals surface area contributed by atoms with Gasteiger partial charge in [0, 0.05) is 12.5 Å². The van der Waals surface area contributed by atoms with Gasteiger partial charge in [0.2, 0.25) is 0 Å². The molecule has 2 unspecified atom stereocenters. The first kappa shape index (κ1) is 13.5.